The van der Waals surface area contributed by atoms with Crippen LogP contribution in [0.15, 0.2) is 22.7 Å². The first-order valence-corrected chi connectivity index (χ1v) is 7.11. The zero-order valence-electron chi connectivity index (χ0n) is 8.58. The second-order valence-corrected chi connectivity index (χ2v) is 5.99. The molecule has 1 atom stereocenters. The minimum Gasteiger partial charge on any atom is -0.480 e. The summed E-state index contributed by atoms with van der Waals surface area (Å²) in [5.41, 5.74) is 6.17. The van der Waals surface area contributed by atoms with Crippen LogP contribution in [0.2, 0.25) is 0 Å². The van der Waals surface area contributed by atoms with Gasteiger partial charge >= 0.3 is 13.6 Å². The van der Waals surface area contributed by atoms with E-state index < -0.39 is 25.8 Å². The van der Waals surface area contributed by atoms with E-state index in [-0.39, 0.29) is 0 Å². The van der Waals surface area contributed by atoms with Gasteiger partial charge in [-0.1, -0.05) is 28.1 Å². The highest BCUT2D eigenvalue weighted by Crippen LogP contribution is 2.41. The fraction of sp³-hybridized carbons (Fsp3) is 0.222. The molecule has 1 unspecified atom stereocenters. The number of rotatable bonds is 4. The van der Waals surface area contributed by atoms with E-state index in [0.29, 0.717) is 15.6 Å². The molecule has 0 saturated carbocycles. The summed E-state index contributed by atoms with van der Waals surface area (Å²) in [7, 11) is -4.15. The quantitative estimate of drug-likeness (QED) is 0.618. The first-order valence-electron chi connectivity index (χ1n) is 4.52. The molecule has 0 aromatic heterocycles. The fourth-order valence-electron chi connectivity index (χ4n) is 1.25. The van der Waals surface area contributed by atoms with Gasteiger partial charge in [-0.25, -0.2) is 0 Å². The van der Waals surface area contributed by atoms with Crippen molar-refractivity contribution in [2.24, 2.45) is 5.73 Å². The number of carboxylic acids is 1. The molecule has 0 fully saturated rings. The molecular weight excluding hydrogens is 313 g/mol. The molecule has 0 aliphatic heterocycles. The van der Waals surface area contributed by atoms with Gasteiger partial charge in [0, 0.05) is 4.47 Å². The van der Waals surface area contributed by atoms with Gasteiger partial charge < -0.3 is 20.6 Å². The molecular formula is C9H11BrNO5P. The highest BCUT2D eigenvalue weighted by molar-refractivity contribution is 9.10. The van der Waals surface area contributed by atoms with Crippen molar-refractivity contribution in [1.29, 1.82) is 0 Å². The normalized spacial score (nSPS) is 13.4. The van der Waals surface area contributed by atoms with E-state index in [2.05, 4.69) is 15.9 Å². The smallest absolute Gasteiger partial charge is 0.329 e. The van der Waals surface area contributed by atoms with E-state index in [1.54, 1.807) is 0 Å². The van der Waals surface area contributed by atoms with Crippen LogP contribution in [0, 0.1) is 0 Å². The third-order valence-electron chi connectivity index (χ3n) is 2.08. The second-order valence-electron chi connectivity index (χ2n) is 3.49. The number of hydrogen-bond donors (Lipinski definition) is 4. The molecule has 0 spiro atoms. The molecule has 0 amide bonds. The highest BCUT2D eigenvalue weighted by Gasteiger charge is 2.19. The van der Waals surface area contributed by atoms with Crippen molar-refractivity contribution >= 4 is 29.5 Å². The number of benzene rings is 1. The predicted octanol–water partition coefficient (Wildman–Crippen LogP) is 1.21. The Morgan fingerprint density at radius 2 is 2.06 bits per heavy atom. The molecule has 0 heterocycles. The van der Waals surface area contributed by atoms with Crippen LogP contribution in [-0.2, 0) is 15.5 Å². The van der Waals surface area contributed by atoms with E-state index in [4.69, 9.17) is 20.6 Å². The molecule has 0 saturated heterocycles. The minimum absolute atomic E-state index is 0.360. The third-order valence-corrected chi connectivity index (χ3v) is 3.57. The molecule has 6 nitrogen and oxygen atoms in total. The molecule has 0 aliphatic rings. The van der Waals surface area contributed by atoms with Gasteiger partial charge in [-0.15, -0.1) is 0 Å². The van der Waals surface area contributed by atoms with E-state index in [1.165, 1.54) is 18.2 Å². The Labute approximate surface area is 106 Å². The predicted molar refractivity (Wildman–Crippen MR) is 64.5 cm³/mol. The molecule has 0 bridgehead atoms. The zero-order valence-corrected chi connectivity index (χ0v) is 11.1. The first-order chi connectivity index (χ1) is 7.70. The van der Waals surface area contributed by atoms with Gasteiger partial charge in [0.25, 0.3) is 0 Å². The highest BCUT2D eigenvalue weighted by atomic mass is 79.9. The lowest BCUT2D eigenvalue weighted by molar-refractivity contribution is -0.138. The average molecular weight is 324 g/mol. The summed E-state index contributed by atoms with van der Waals surface area (Å²) < 4.78 is 11.3. The summed E-state index contributed by atoms with van der Waals surface area (Å²) in [6, 6.07) is 3.18. The largest absolute Gasteiger partial charge is 0.480 e. The van der Waals surface area contributed by atoms with Gasteiger partial charge in [-0.2, -0.15) is 0 Å². The van der Waals surface area contributed by atoms with Crippen LogP contribution in [0.5, 0.6) is 0 Å². The maximum Gasteiger partial charge on any atom is 0.329 e. The molecule has 94 valence electrons. The Morgan fingerprint density at radius 1 is 1.47 bits per heavy atom. The first kappa shape index (κ1) is 14.3. The molecule has 0 radical (unpaired) electrons. The second kappa shape index (κ2) is 5.29. The third kappa shape index (κ3) is 4.22. The lowest BCUT2D eigenvalue weighted by Crippen LogP contribution is -2.20. The van der Waals surface area contributed by atoms with Gasteiger partial charge in [0.05, 0.1) is 6.16 Å². The van der Waals surface area contributed by atoms with Crippen molar-refractivity contribution in [3.63, 3.8) is 0 Å². The van der Waals surface area contributed by atoms with Gasteiger partial charge in [-0.05, 0) is 17.2 Å². The van der Waals surface area contributed by atoms with Crippen molar-refractivity contribution in [2.75, 3.05) is 0 Å². The molecule has 1 rings (SSSR count). The molecule has 17 heavy (non-hydrogen) atoms. The maximum absolute atomic E-state index is 10.8. The summed E-state index contributed by atoms with van der Waals surface area (Å²) in [5, 5.41) is 8.72. The Bertz CT molecular complexity index is 486. The Kier molecular flexibility index (Phi) is 4.46. The van der Waals surface area contributed by atoms with Gasteiger partial charge in [-0.3, -0.25) is 9.36 Å². The van der Waals surface area contributed by atoms with Crippen molar-refractivity contribution in [3.8, 4) is 0 Å². The van der Waals surface area contributed by atoms with E-state index in [9.17, 15) is 9.36 Å². The SMILES string of the molecule is NC(C(=O)O)c1ccc(CP(=O)(O)O)c(Br)c1. The molecule has 5 N–H and O–H groups in total. The number of nitrogens with two attached hydrogens (primary N) is 1. The van der Waals surface area contributed by atoms with Crippen molar-refractivity contribution in [1.82, 2.24) is 0 Å². The number of hydrogen-bond acceptors (Lipinski definition) is 3. The molecule has 8 heteroatoms. The molecule has 1 aromatic rings. The number of aliphatic carboxylic acids is 1. The van der Waals surface area contributed by atoms with Gasteiger partial charge in [0.1, 0.15) is 6.04 Å². The van der Waals surface area contributed by atoms with E-state index in [0.717, 1.165) is 0 Å². The van der Waals surface area contributed by atoms with Gasteiger partial charge in [0.15, 0.2) is 0 Å². The Morgan fingerprint density at radius 3 is 2.47 bits per heavy atom. The summed E-state index contributed by atoms with van der Waals surface area (Å²) in [5.74, 6) is -1.17. The van der Waals surface area contributed by atoms with Crippen LogP contribution in [0.4, 0.5) is 0 Å². The molecule has 0 aliphatic carbocycles. The van der Waals surface area contributed by atoms with E-state index in [1.807, 2.05) is 0 Å². The monoisotopic (exact) mass is 323 g/mol. The van der Waals surface area contributed by atoms with Crippen molar-refractivity contribution in [2.45, 2.75) is 12.2 Å². The van der Waals surface area contributed by atoms with Crippen molar-refractivity contribution < 1.29 is 24.3 Å². The lowest BCUT2D eigenvalue weighted by atomic mass is 10.1. The number of carbonyl (C=O) groups is 1. The minimum atomic E-state index is -4.15. The average Bonchev–Trinajstić information content (AvgIpc) is 2.18. The Hall–Kier alpha value is -0.720. The van der Waals surface area contributed by atoms with Crippen LogP contribution >= 0.6 is 23.5 Å². The van der Waals surface area contributed by atoms with Crippen LogP contribution < -0.4 is 5.73 Å². The van der Waals surface area contributed by atoms with E-state index >= 15 is 0 Å². The zero-order chi connectivity index (χ0) is 13.2. The standard InChI is InChI=1S/C9H11BrNO5P/c10-7-3-5(8(11)9(12)13)1-2-6(7)4-17(14,15)16/h1-3,8H,4,11H2,(H,12,13)(H2,14,15,16). The van der Waals surface area contributed by atoms with Crippen LogP contribution in [0.25, 0.3) is 0 Å². The summed E-state index contributed by atoms with van der Waals surface area (Å²) >= 11 is 3.13. The maximum atomic E-state index is 10.8. The number of halogens is 1. The van der Waals surface area contributed by atoms with Crippen LogP contribution in [0.1, 0.15) is 17.2 Å². The summed E-state index contributed by atoms with van der Waals surface area (Å²) in [6.45, 7) is 0. The Balaban J connectivity index is 3.02. The number of carboxylic acid groups (broad SMARTS) is 1. The fourth-order valence-corrected chi connectivity index (χ4v) is 2.72. The molecule has 1 aromatic carbocycles. The van der Waals surface area contributed by atoms with Crippen LogP contribution in [-0.4, -0.2) is 20.9 Å². The van der Waals surface area contributed by atoms with Gasteiger partial charge in [0.2, 0.25) is 0 Å². The lowest BCUT2D eigenvalue weighted by Gasteiger charge is -2.11. The van der Waals surface area contributed by atoms with Crippen molar-refractivity contribution in [3.05, 3.63) is 33.8 Å². The summed E-state index contributed by atoms with van der Waals surface area (Å²) in [6.07, 6.45) is -0.407. The van der Waals surface area contributed by atoms with Crippen LogP contribution in [0.3, 0.4) is 0 Å². The topological polar surface area (TPSA) is 121 Å². The summed E-state index contributed by atoms with van der Waals surface area (Å²) in [4.78, 5) is 28.3.